The van der Waals surface area contributed by atoms with Crippen molar-refractivity contribution in [1.29, 1.82) is 0 Å². The van der Waals surface area contributed by atoms with E-state index in [4.69, 9.17) is 13.9 Å². The van der Waals surface area contributed by atoms with Crippen LogP contribution in [0.25, 0.3) is 22.1 Å². The number of rotatable bonds is 6. The van der Waals surface area contributed by atoms with Crippen molar-refractivity contribution in [3.8, 4) is 22.6 Å². The van der Waals surface area contributed by atoms with Gasteiger partial charge in [0.2, 0.25) is 0 Å². The Balaban J connectivity index is 1.42. The van der Waals surface area contributed by atoms with E-state index in [0.717, 1.165) is 11.1 Å². The largest absolute Gasteiger partial charge is 0.493 e. The van der Waals surface area contributed by atoms with Crippen molar-refractivity contribution in [2.45, 2.75) is 13.3 Å². The average molecular weight is 400 g/mol. The second-order valence-corrected chi connectivity index (χ2v) is 6.89. The van der Waals surface area contributed by atoms with Crippen LogP contribution in [0.3, 0.4) is 0 Å². The zero-order chi connectivity index (χ0) is 20.9. The number of fused-ring (bicyclic) bond motifs is 1. The maximum absolute atomic E-state index is 12.8. The maximum atomic E-state index is 12.8. The minimum Gasteiger partial charge on any atom is -0.493 e. The molecular formula is C25H20O5. The number of carbonyl (C=O) groups is 1. The number of hydrogen-bond acceptors (Lipinski definition) is 5. The van der Waals surface area contributed by atoms with Crippen LogP contribution in [0, 0.1) is 6.92 Å². The molecule has 1 aromatic heterocycles. The van der Waals surface area contributed by atoms with Gasteiger partial charge in [-0.15, -0.1) is 0 Å². The van der Waals surface area contributed by atoms with Crippen LogP contribution in [0.1, 0.15) is 12.0 Å². The topological polar surface area (TPSA) is 65.7 Å². The Morgan fingerprint density at radius 2 is 1.67 bits per heavy atom. The highest BCUT2D eigenvalue weighted by Gasteiger charge is 2.11. The van der Waals surface area contributed by atoms with Crippen molar-refractivity contribution in [1.82, 2.24) is 0 Å². The van der Waals surface area contributed by atoms with Crippen LogP contribution in [-0.2, 0) is 4.79 Å². The van der Waals surface area contributed by atoms with Crippen LogP contribution in [0.15, 0.2) is 88.3 Å². The van der Waals surface area contributed by atoms with Gasteiger partial charge in [0.15, 0.2) is 5.43 Å². The van der Waals surface area contributed by atoms with Crippen LogP contribution >= 0.6 is 0 Å². The number of benzene rings is 3. The Bertz CT molecular complexity index is 1220. The molecule has 0 amide bonds. The van der Waals surface area contributed by atoms with E-state index in [1.807, 2.05) is 61.5 Å². The molecule has 150 valence electrons. The first kappa shape index (κ1) is 19.5. The second-order valence-electron chi connectivity index (χ2n) is 6.89. The number of hydrogen-bond donors (Lipinski definition) is 0. The zero-order valence-electron chi connectivity index (χ0n) is 16.5. The molecule has 1 heterocycles. The zero-order valence-corrected chi connectivity index (χ0v) is 16.5. The van der Waals surface area contributed by atoms with Gasteiger partial charge in [-0.1, -0.05) is 48.0 Å². The first-order chi connectivity index (χ1) is 14.6. The van der Waals surface area contributed by atoms with Crippen LogP contribution in [0.5, 0.6) is 11.5 Å². The van der Waals surface area contributed by atoms with Crippen LogP contribution in [0.4, 0.5) is 0 Å². The third-order valence-corrected chi connectivity index (χ3v) is 4.66. The molecule has 30 heavy (non-hydrogen) atoms. The van der Waals surface area contributed by atoms with Gasteiger partial charge in [-0.2, -0.15) is 0 Å². The molecule has 0 saturated carbocycles. The van der Waals surface area contributed by atoms with Gasteiger partial charge in [-0.05, 0) is 36.8 Å². The number of carbonyl (C=O) groups excluding carboxylic acids is 1. The fourth-order valence-electron chi connectivity index (χ4n) is 3.06. The first-order valence-electron chi connectivity index (χ1n) is 9.61. The number of aryl methyl sites for hydroxylation is 1. The SMILES string of the molecule is Cc1ccc(OCCC(=O)Oc2ccc3c(=O)c(-c4ccccc4)coc3c2)cc1. The van der Waals surface area contributed by atoms with Crippen molar-refractivity contribution >= 4 is 16.9 Å². The van der Waals surface area contributed by atoms with Gasteiger partial charge in [0, 0.05) is 6.07 Å². The normalized spacial score (nSPS) is 10.7. The summed E-state index contributed by atoms with van der Waals surface area (Å²) in [6.45, 7) is 2.21. The Labute approximate surface area is 173 Å². The monoisotopic (exact) mass is 400 g/mol. The van der Waals surface area contributed by atoms with Crippen molar-refractivity contribution in [3.05, 3.63) is 94.8 Å². The lowest BCUT2D eigenvalue weighted by atomic mass is 10.1. The highest BCUT2D eigenvalue weighted by Crippen LogP contribution is 2.23. The van der Waals surface area contributed by atoms with E-state index in [2.05, 4.69) is 0 Å². The quantitative estimate of drug-likeness (QED) is 0.331. The standard InChI is InChI=1S/C25H20O5/c1-17-7-9-19(10-8-17)28-14-13-24(26)30-20-11-12-21-23(15-20)29-16-22(25(21)27)18-5-3-2-4-6-18/h2-12,15-16H,13-14H2,1H3. The summed E-state index contributed by atoms with van der Waals surface area (Å²) in [4.78, 5) is 24.9. The van der Waals surface area contributed by atoms with Crippen molar-refractivity contribution in [3.63, 3.8) is 0 Å². The molecule has 0 atom stereocenters. The molecule has 0 spiro atoms. The average Bonchev–Trinajstić information content (AvgIpc) is 2.76. The van der Waals surface area contributed by atoms with Gasteiger partial charge >= 0.3 is 5.97 Å². The predicted molar refractivity (Wildman–Crippen MR) is 115 cm³/mol. The first-order valence-corrected chi connectivity index (χ1v) is 9.61. The van der Waals surface area contributed by atoms with E-state index in [1.165, 1.54) is 6.26 Å². The lowest BCUT2D eigenvalue weighted by Crippen LogP contribution is -2.12. The van der Waals surface area contributed by atoms with Crippen LogP contribution < -0.4 is 14.9 Å². The van der Waals surface area contributed by atoms with E-state index in [-0.39, 0.29) is 18.5 Å². The summed E-state index contributed by atoms with van der Waals surface area (Å²) in [5, 5.41) is 0.429. The summed E-state index contributed by atoms with van der Waals surface area (Å²) in [5.74, 6) is 0.596. The van der Waals surface area contributed by atoms with Crippen LogP contribution in [-0.4, -0.2) is 12.6 Å². The van der Waals surface area contributed by atoms with Gasteiger partial charge in [-0.3, -0.25) is 9.59 Å². The molecule has 5 nitrogen and oxygen atoms in total. The highest BCUT2D eigenvalue weighted by molar-refractivity contribution is 5.83. The molecule has 4 aromatic rings. The molecule has 0 saturated heterocycles. The van der Waals surface area contributed by atoms with Gasteiger partial charge in [0.05, 0.1) is 24.0 Å². The van der Waals surface area contributed by atoms with Gasteiger partial charge in [0.25, 0.3) is 0 Å². The maximum Gasteiger partial charge on any atom is 0.314 e. The fourth-order valence-corrected chi connectivity index (χ4v) is 3.06. The summed E-state index contributed by atoms with van der Waals surface area (Å²) < 4.78 is 16.5. The summed E-state index contributed by atoms with van der Waals surface area (Å²) in [7, 11) is 0. The smallest absolute Gasteiger partial charge is 0.314 e. The highest BCUT2D eigenvalue weighted by atomic mass is 16.5. The molecule has 0 aliphatic carbocycles. The predicted octanol–water partition coefficient (Wildman–Crippen LogP) is 5.14. The van der Waals surface area contributed by atoms with Crippen molar-refractivity contribution < 1.29 is 18.7 Å². The Hall–Kier alpha value is -3.86. The fraction of sp³-hybridized carbons (Fsp3) is 0.120. The van der Waals surface area contributed by atoms with Crippen LogP contribution in [0.2, 0.25) is 0 Å². The Morgan fingerprint density at radius 3 is 2.43 bits per heavy atom. The van der Waals surface area contributed by atoms with Gasteiger partial charge in [-0.25, -0.2) is 0 Å². The summed E-state index contributed by atoms with van der Waals surface area (Å²) in [6.07, 6.45) is 1.53. The number of esters is 1. The second kappa shape index (κ2) is 8.66. The summed E-state index contributed by atoms with van der Waals surface area (Å²) in [5.41, 5.74) is 2.65. The molecule has 3 aromatic carbocycles. The lowest BCUT2D eigenvalue weighted by molar-refractivity contribution is -0.134. The summed E-state index contributed by atoms with van der Waals surface area (Å²) >= 11 is 0. The molecular weight excluding hydrogens is 380 g/mol. The Kier molecular flexibility index (Phi) is 5.61. The third-order valence-electron chi connectivity index (χ3n) is 4.66. The summed E-state index contributed by atoms with van der Waals surface area (Å²) in [6, 6.07) is 21.7. The minimum absolute atomic E-state index is 0.100. The molecule has 0 aliphatic rings. The van der Waals surface area contributed by atoms with E-state index >= 15 is 0 Å². The molecule has 0 N–H and O–H groups in total. The molecule has 0 unspecified atom stereocenters. The molecule has 0 bridgehead atoms. The van der Waals surface area contributed by atoms with E-state index in [1.54, 1.807) is 18.2 Å². The van der Waals surface area contributed by atoms with E-state index in [9.17, 15) is 9.59 Å². The molecule has 0 fully saturated rings. The number of ether oxygens (including phenoxy) is 2. The third kappa shape index (κ3) is 4.41. The van der Waals surface area contributed by atoms with Crippen molar-refractivity contribution in [2.75, 3.05) is 6.61 Å². The minimum atomic E-state index is -0.426. The Morgan fingerprint density at radius 1 is 0.933 bits per heavy atom. The van der Waals surface area contributed by atoms with Crippen molar-refractivity contribution in [2.24, 2.45) is 0 Å². The molecule has 5 heteroatoms. The van der Waals surface area contributed by atoms with Gasteiger partial charge in [0.1, 0.15) is 23.3 Å². The molecule has 4 rings (SSSR count). The van der Waals surface area contributed by atoms with E-state index in [0.29, 0.717) is 28.0 Å². The lowest BCUT2D eigenvalue weighted by Gasteiger charge is -2.08. The molecule has 0 aliphatic heterocycles. The molecule has 0 radical (unpaired) electrons. The van der Waals surface area contributed by atoms with Gasteiger partial charge < -0.3 is 13.9 Å². The van der Waals surface area contributed by atoms with E-state index < -0.39 is 5.97 Å².